The Morgan fingerprint density at radius 2 is 1.91 bits per heavy atom. The summed E-state index contributed by atoms with van der Waals surface area (Å²) >= 11 is 0. The van der Waals surface area contributed by atoms with Crippen LogP contribution in [0.3, 0.4) is 0 Å². The molecule has 33 heavy (non-hydrogen) atoms. The van der Waals surface area contributed by atoms with E-state index in [1.54, 1.807) is 17.8 Å². The fourth-order valence-corrected chi connectivity index (χ4v) is 3.81. The van der Waals surface area contributed by atoms with E-state index in [1.807, 2.05) is 51.1 Å². The lowest BCUT2D eigenvalue weighted by Gasteiger charge is -2.25. The van der Waals surface area contributed by atoms with Crippen molar-refractivity contribution in [2.45, 2.75) is 65.5 Å². The van der Waals surface area contributed by atoms with Gasteiger partial charge in [0.2, 0.25) is 0 Å². The van der Waals surface area contributed by atoms with E-state index in [1.165, 1.54) is 0 Å². The molecule has 176 valence electrons. The summed E-state index contributed by atoms with van der Waals surface area (Å²) in [6.45, 7) is 9.63. The number of aryl methyl sites for hydroxylation is 1. The van der Waals surface area contributed by atoms with Crippen LogP contribution in [0.1, 0.15) is 64.9 Å². The smallest absolute Gasteiger partial charge is 0.306 e. The largest absolute Gasteiger partial charge is 0.460 e. The summed E-state index contributed by atoms with van der Waals surface area (Å²) < 4.78 is 7.09. The molecule has 1 N–H and O–H groups in total. The molecule has 0 spiro atoms. The van der Waals surface area contributed by atoms with Gasteiger partial charge in [0.25, 0.3) is 5.56 Å². The second kappa shape index (κ2) is 10.1. The zero-order valence-electron chi connectivity index (χ0n) is 20.3. The number of nitrogens with zero attached hydrogens (tertiary/aromatic N) is 4. The van der Waals surface area contributed by atoms with Gasteiger partial charge in [0.05, 0.1) is 11.7 Å². The highest BCUT2D eigenvalue weighted by Gasteiger charge is 2.25. The molecular formula is C25H33N5O3. The number of nitrogens with one attached hydrogen (secondary N) is 1. The topological polar surface area (TPSA) is 99.0 Å². The minimum atomic E-state index is -0.533. The lowest BCUT2D eigenvalue weighted by atomic mass is 9.99. The van der Waals surface area contributed by atoms with Crippen LogP contribution < -0.4 is 10.9 Å². The van der Waals surface area contributed by atoms with Crippen LogP contribution in [0.25, 0.3) is 11.2 Å². The summed E-state index contributed by atoms with van der Waals surface area (Å²) in [4.78, 5) is 39.6. The molecule has 0 amide bonds. The molecule has 0 aliphatic heterocycles. The van der Waals surface area contributed by atoms with Crippen molar-refractivity contribution < 1.29 is 9.53 Å². The third kappa shape index (κ3) is 5.94. The van der Waals surface area contributed by atoms with Crippen molar-refractivity contribution in [1.29, 1.82) is 0 Å². The second-order valence-electron chi connectivity index (χ2n) is 9.41. The quantitative estimate of drug-likeness (QED) is 0.514. The second-order valence-corrected chi connectivity index (χ2v) is 9.41. The monoisotopic (exact) mass is 451 g/mol. The van der Waals surface area contributed by atoms with Crippen LogP contribution in [0, 0.1) is 5.92 Å². The van der Waals surface area contributed by atoms with Crippen LogP contribution in [-0.2, 0) is 16.0 Å². The minimum Gasteiger partial charge on any atom is -0.460 e. The molecule has 8 heteroatoms. The number of ether oxygens (including phenoxy) is 1. The van der Waals surface area contributed by atoms with E-state index >= 15 is 0 Å². The van der Waals surface area contributed by atoms with Gasteiger partial charge in [-0.1, -0.05) is 19.9 Å². The Morgan fingerprint density at radius 1 is 1.15 bits per heavy atom. The summed E-state index contributed by atoms with van der Waals surface area (Å²) in [5.41, 5.74) is 1.59. The first-order valence-electron chi connectivity index (χ1n) is 11.3. The van der Waals surface area contributed by atoms with E-state index in [0.29, 0.717) is 35.5 Å². The number of fused-ring (bicyclic) bond motifs is 1. The first kappa shape index (κ1) is 24.4. The van der Waals surface area contributed by atoms with Gasteiger partial charge in [-0.3, -0.25) is 19.1 Å². The summed E-state index contributed by atoms with van der Waals surface area (Å²) in [6.07, 6.45) is 2.80. The number of hydrogen-bond acceptors (Lipinski definition) is 7. The Bertz CT molecular complexity index is 1170. The van der Waals surface area contributed by atoms with E-state index in [-0.39, 0.29) is 29.9 Å². The van der Waals surface area contributed by atoms with Crippen LogP contribution in [0.5, 0.6) is 0 Å². The molecule has 3 aromatic heterocycles. The number of pyridine rings is 2. The lowest BCUT2D eigenvalue weighted by Crippen LogP contribution is -2.33. The van der Waals surface area contributed by atoms with Crippen LogP contribution in [0.4, 0.5) is 5.82 Å². The van der Waals surface area contributed by atoms with Crippen molar-refractivity contribution in [3.63, 3.8) is 0 Å². The van der Waals surface area contributed by atoms with Crippen molar-refractivity contribution in [2.75, 3.05) is 12.4 Å². The van der Waals surface area contributed by atoms with Crippen molar-refractivity contribution >= 4 is 23.0 Å². The van der Waals surface area contributed by atoms with E-state index < -0.39 is 5.60 Å². The van der Waals surface area contributed by atoms with Gasteiger partial charge in [0, 0.05) is 19.7 Å². The SMILES string of the molecule is CNc1ccc2nc(CCCC(=O)OC(C)(C)C)c(=O)n([C@H](c3ccccn3)C(C)C)c2n1. The average Bonchev–Trinajstić information content (AvgIpc) is 2.75. The average molecular weight is 452 g/mol. The Kier molecular flexibility index (Phi) is 7.46. The highest BCUT2D eigenvalue weighted by Crippen LogP contribution is 2.27. The summed E-state index contributed by atoms with van der Waals surface area (Å²) in [5.74, 6) is 0.453. The van der Waals surface area contributed by atoms with Gasteiger partial charge in [0.15, 0.2) is 5.65 Å². The molecule has 0 saturated heterocycles. The van der Waals surface area contributed by atoms with Gasteiger partial charge < -0.3 is 10.1 Å². The molecule has 0 aliphatic carbocycles. The molecule has 0 aliphatic rings. The van der Waals surface area contributed by atoms with Gasteiger partial charge >= 0.3 is 5.97 Å². The Morgan fingerprint density at radius 3 is 2.52 bits per heavy atom. The normalized spacial score (nSPS) is 12.7. The molecule has 0 saturated carbocycles. The van der Waals surface area contributed by atoms with Crippen LogP contribution in [0.15, 0.2) is 41.3 Å². The van der Waals surface area contributed by atoms with Gasteiger partial charge in [-0.2, -0.15) is 0 Å². The Balaban J connectivity index is 2.06. The zero-order chi connectivity index (χ0) is 24.2. The van der Waals surface area contributed by atoms with Crippen LogP contribution in [0.2, 0.25) is 0 Å². The first-order valence-corrected chi connectivity index (χ1v) is 11.3. The first-order chi connectivity index (χ1) is 15.6. The lowest BCUT2D eigenvalue weighted by molar-refractivity contribution is -0.154. The number of esters is 1. The number of carbonyl (C=O) groups excluding carboxylic acids is 1. The number of anilines is 1. The molecule has 0 unspecified atom stereocenters. The van der Waals surface area contributed by atoms with Gasteiger partial charge in [-0.25, -0.2) is 9.97 Å². The highest BCUT2D eigenvalue weighted by atomic mass is 16.6. The maximum Gasteiger partial charge on any atom is 0.306 e. The molecule has 0 bridgehead atoms. The maximum atomic E-state index is 13.7. The van der Waals surface area contributed by atoms with Gasteiger partial charge in [-0.15, -0.1) is 0 Å². The molecule has 8 nitrogen and oxygen atoms in total. The van der Waals surface area contributed by atoms with Crippen molar-refractivity contribution in [1.82, 2.24) is 19.5 Å². The molecule has 3 heterocycles. The van der Waals surface area contributed by atoms with E-state index in [4.69, 9.17) is 4.74 Å². The summed E-state index contributed by atoms with van der Waals surface area (Å²) in [6, 6.07) is 9.08. The fraction of sp³-hybridized carbons (Fsp3) is 0.480. The van der Waals surface area contributed by atoms with Gasteiger partial charge in [-0.05, 0) is 63.8 Å². The van der Waals surface area contributed by atoms with Gasteiger partial charge in [0.1, 0.15) is 22.6 Å². The van der Waals surface area contributed by atoms with Crippen molar-refractivity contribution in [3.05, 3.63) is 58.3 Å². The standard InChI is InChI=1S/C25H33N5O3/c1-16(2)22(17-10-7-8-15-27-17)30-23-18(13-14-20(26-6)29-23)28-19(24(30)32)11-9-12-21(31)33-25(3,4)5/h7-8,10,13-16,22H,9,11-12H2,1-6H3,(H,26,29)/t22-/m0/s1. The number of rotatable bonds is 8. The van der Waals surface area contributed by atoms with E-state index in [2.05, 4.69) is 34.1 Å². The van der Waals surface area contributed by atoms with Crippen LogP contribution >= 0.6 is 0 Å². The fourth-order valence-electron chi connectivity index (χ4n) is 3.81. The molecule has 0 aromatic carbocycles. The summed E-state index contributed by atoms with van der Waals surface area (Å²) in [5, 5.41) is 3.03. The number of aromatic nitrogens is 4. The maximum absolute atomic E-state index is 13.7. The third-order valence-electron chi connectivity index (χ3n) is 5.17. The Labute approximate surface area is 194 Å². The van der Waals surface area contributed by atoms with Crippen molar-refractivity contribution in [3.8, 4) is 0 Å². The molecule has 3 rings (SSSR count). The van der Waals surface area contributed by atoms with Crippen LogP contribution in [-0.4, -0.2) is 38.1 Å². The molecule has 3 aromatic rings. The minimum absolute atomic E-state index is 0.0813. The highest BCUT2D eigenvalue weighted by molar-refractivity contribution is 5.73. The summed E-state index contributed by atoms with van der Waals surface area (Å²) in [7, 11) is 1.79. The Hall–Kier alpha value is -3.29. The zero-order valence-corrected chi connectivity index (χ0v) is 20.3. The van der Waals surface area contributed by atoms with Crippen molar-refractivity contribution in [2.24, 2.45) is 5.92 Å². The van der Waals surface area contributed by atoms with E-state index in [9.17, 15) is 9.59 Å². The predicted molar refractivity (Wildman–Crippen MR) is 129 cm³/mol. The van der Waals surface area contributed by atoms with E-state index in [0.717, 1.165) is 5.69 Å². The number of hydrogen-bond donors (Lipinski definition) is 1. The third-order valence-corrected chi connectivity index (χ3v) is 5.17. The molecule has 0 radical (unpaired) electrons. The molecule has 1 atom stereocenters. The number of carbonyl (C=O) groups is 1. The molecular weight excluding hydrogens is 418 g/mol. The molecule has 0 fully saturated rings. The predicted octanol–water partition coefficient (Wildman–Crippen LogP) is 4.14.